The van der Waals surface area contributed by atoms with Crippen molar-refractivity contribution in [1.29, 1.82) is 0 Å². The van der Waals surface area contributed by atoms with E-state index in [1.807, 2.05) is 0 Å². The fourth-order valence-corrected chi connectivity index (χ4v) is 2.54. The van der Waals surface area contributed by atoms with Crippen LogP contribution in [0.5, 0.6) is 0 Å². The van der Waals surface area contributed by atoms with Gasteiger partial charge in [0.1, 0.15) is 11.6 Å². The molecule has 20 heavy (non-hydrogen) atoms. The molecule has 2 aliphatic rings. The molecule has 0 saturated heterocycles. The maximum Gasteiger partial charge on any atom is 0.191 e. The molecule has 1 aromatic carbocycles. The third kappa shape index (κ3) is 2.62. The Morgan fingerprint density at radius 3 is 2.45 bits per heavy atom. The minimum atomic E-state index is -0.450. The molecule has 1 aromatic rings. The summed E-state index contributed by atoms with van der Waals surface area (Å²) >= 11 is 0. The molecule has 2 aliphatic carbocycles. The summed E-state index contributed by atoms with van der Waals surface area (Å²) in [5.74, 6) is -0.181. The third-order valence-electron chi connectivity index (χ3n) is 4.08. The van der Waals surface area contributed by atoms with Crippen LogP contribution in [0.3, 0.4) is 0 Å². The number of nitrogens with zero attached hydrogens (tertiary/aromatic N) is 1. The van der Waals surface area contributed by atoms with Crippen LogP contribution < -0.4 is 10.6 Å². The number of hydrogen-bond donors (Lipinski definition) is 2. The molecule has 0 spiro atoms. The van der Waals surface area contributed by atoms with Crippen molar-refractivity contribution in [3.8, 4) is 0 Å². The van der Waals surface area contributed by atoms with Crippen molar-refractivity contribution in [2.24, 2.45) is 4.99 Å². The zero-order valence-electron chi connectivity index (χ0n) is 11.5. The molecule has 0 bridgehead atoms. The van der Waals surface area contributed by atoms with Crippen molar-refractivity contribution in [1.82, 2.24) is 10.6 Å². The molecule has 2 fully saturated rings. The smallest absolute Gasteiger partial charge is 0.191 e. The number of nitrogens with one attached hydrogen (secondary N) is 2. The summed E-state index contributed by atoms with van der Waals surface area (Å²) in [6.45, 7) is 0.511. The van der Waals surface area contributed by atoms with Crippen molar-refractivity contribution in [3.05, 3.63) is 35.4 Å². The maximum atomic E-state index is 13.9. The largest absolute Gasteiger partial charge is 0.356 e. The summed E-state index contributed by atoms with van der Waals surface area (Å²) in [4.78, 5) is 4.14. The van der Waals surface area contributed by atoms with Crippen LogP contribution in [0.4, 0.5) is 8.78 Å². The zero-order chi connectivity index (χ0) is 14.2. The van der Waals surface area contributed by atoms with E-state index in [9.17, 15) is 8.78 Å². The lowest BCUT2D eigenvalue weighted by Gasteiger charge is -2.20. The van der Waals surface area contributed by atoms with Gasteiger partial charge < -0.3 is 10.6 Å². The monoisotopic (exact) mass is 279 g/mol. The highest BCUT2D eigenvalue weighted by Gasteiger charge is 2.47. The number of halogens is 2. The Hall–Kier alpha value is -1.65. The summed E-state index contributed by atoms with van der Waals surface area (Å²) in [6, 6.07) is 4.57. The Labute approximate surface area is 117 Å². The minimum Gasteiger partial charge on any atom is -0.356 e. The van der Waals surface area contributed by atoms with Crippen molar-refractivity contribution in [2.45, 2.75) is 37.1 Å². The van der Waals surface area contributed by atoms with Gasteiger partial charge in [0.2, 0.25) is 0 Å². The van der Waals surface area contributed by atoms with Crippen LogP contribution in [0.1, 0.15) is 31.2 Å². The Morgan fingerprint density at radius 2 is 1.95 bits per heavy atom. The van der Waals surface area contributed by atoms with E-state index in [1.54, 1.807) is 7.05 Å². The second-order valence-electron chi connectivity index (χ2n) is 5.72. The quantitative estimate of drug-likeness (QED) is 0.655. The molecule has 0 unspecified atom stereocenters. The predicted octanol–water partition coefficient (Wildman–Crippen LogP) is 2.32. The van der Waals surface area contributed by atoms with E-state index in [1.165, 1.54) is 18.2 Å². The van der Waals surface area contributed by atoms with Gasteiger partial charge in [-0.2, -0.15) is 0 Å². The summed E-state index contributed by atoms with van der Waals surface area (Å²) in [5, 5.41) is 6.48. The molecular weight excluding hydrogens is 260 g/mol. The molecule has 0 amide bonds. The summed E-state index contributed by atoms with van der Waals surface area (Å²) in [7, 11) is 1.71. The highest BCUT2D eigenvalue weighted by molar-refractivity contribution is 5.80. The number of guanidine groups is 1. The van der Waals surface area contributed by atoms with E-state index in [-0.39, 0.29) is 5.56 Å². The molecule has 5 heteroatoms. The fourth-order valence-electron chi connectivity index (χ4n) is 2.54. The van der Waals surface area contributed by atoms with Crippen LogP contribution in [0.2, 0.25) is 0 Å². The molecule has 3 nitrogen and oxygen atoms in total. The van der Waals surface area contributed by atoms with Gasteiger partial charge in [0.25, 0.3) is 0 Å². The van der Waals surface area contributed by atoms with Crippen molar-refractivity contribution in [2.75, 3.05) is 13.6 Å². The van der Waals surface area contributed by atoms with Gasteiger partial charge in [-0.05, 0) is 37.8 Å². The molecule has 0 aromatic heterocycles. The molecule has 0 radical (unpaired) electrons. The Kier molecular flexibility index (Phi) is 3.36. The molecular formula is C15H19F2N3. The number of hydrogen-bond acceptors (Lipinski definition) is 1. The number of rotatable bonds is 4. The van der Waals surface area contributed by atoms with E-state index in [2.05, 4.69) is 15.6 Å². The van der Waals surface area contributed by atoms with Crippen LogP contribution >= 0.6 is 0 Å². The first-order chi connectivity index (χ1) is 9.64. The van der Waals surface area contributed by atoms with Gasteiger partial charge in [0.15, 0.2) is 5.96 Å². The third-order valence-corrected chi connectivity index (χ3v) is 4.08. The fraction of sp³-hybridized carbons (Fsp3) is 0.533. The van der Waals surface area contributed by atoms with Crippen molar-refractivity contribution < 1.29 is 8.78 Å². The molecule has 0 heterocycles. The van der Waals surface area contributed by atoms with Gasteiger partial charge in [-0.1, -0.05) is 6.07 Å². The van der Waals surface area contributed by atoms with E-state index in [0.717, 1.165) is 31.6 Å². The lowest BCUT2D eigenvalue weighted by atomic mass is 9.94. The standard InChI is InChI=1S/C15H19F2N3/c1-18-14(20-10-5-6-10)19-9-15(7-8-15)13-11(16)3-2-4-12(13)17/h2-4,10H,5-9H2,1H3,(H2,18,19,20). The zero-order valence-corrected chi connectivity index (χ0v) is 11.5. The molecule has 0 atom stereocenters. The summed E-state index contributed by atoms with van der Waals surface area (Å²) in [5.41, 5.74) is -0.203. The predicted molar refractivity (Wildman–Crippen MR) is 74.8 cm³/mol. The molecule has 2 saturated carbocycles. The second kappa shape index (κ2) is 5.04. The van der Waals surface area contributed by atoms with Crippen LogP contribution in [-0.4, -0.2) is 25.6 Å². The minimum absolute atomic E-state index is 0.217. The molecule has 2 N–H and O–H groups in total. The molecule has 108 valence electrons. The Morgan fingerprint density at radius 1 is 1.30 bits per heavy atom. The van der Waals surface area contributed by atoms with Gasteiger partial charge in [0, 0.05) is 30.6 Å². The molecule has 3 rings (SSSR count). The van der Waals surface area contributed by atoms with Crippen LogP contribution in [-0.2, 0) is 5.41 Å². The van der Waals surface area contributed by atoms with E-state index in [4.69, 9.17) is 0 Å². The van der Waals surface area contributed by atoms with Gasteiger partial charge in [-0.3, -0.25) is 4.99 Å². The first kappa shape index (κ1) is 13.3. The highest BCUT2D eigenvalue weighted by atomic mass is 19.1. The summed E-state index contributed by atoms with van der Waals surface area (Å²) < 4.78 is 27.8. The summed E-state index contributed by atoms with van der Waals surface area (Å²) in [6.07, 6.45) is 3.93. The first-order valence-corrected chi connectivity index (χ1v) is 7.06. The number of aliphatic imine (C=N–C) groups is 1. The average molecular weight is 279 g/mol. The second-order valence-corrected chi connectivity index (χ2v) is 5.72. The van der Waals surface area contributed by atoms with E-state index < -0.39 is 17.0 Å². The van der Waals surface area contributed by atoms with Crippen LogP contribution in [0, 0.1) is 11.6 Å². The highest BCUT2D eigenvalue weighted by Crippen LogP contribution is 2.49. The van der Waals surface area contributed by atoms with E-state index in [0.29, 0.717) is 12.6 Å². The first-order valence-electron chi connectivity index (χ1n) is 7.06. The number of benzene rings is 1. The Balaban J connectivity index is 1.70. The topological polar surface area (TPSA) is 36.4 Å². The van der Waals surface area contributed by atoms with Gasteiger partial charge in [-0.25, -0.2) is 8.78 Å². The normalized spacial score (nSPS) is 20.6. The SMILES string of the molecule is CN=C(NCC1(c2c(F)cccc2F)CC1)NC1CC1. The van der Waals surface area contributed by atoms with Gasteiger partial charge >= 0.3 is 0 Å². The van der Waals surface area contributed by atoms with E-state index >= 15 is 0 Å². The van der Waals surface area contributed by atoms with Crippen molar-refractivity contribution >= 4 is 5.96 Å². The maximum absolute atomic E-state index is 13.9. The van der Waals surface area contributed by atoms with Gasteiger partial charge in [0.05, 0.1) is 0 Å². The lowest BCUT2D eigenvalue weighted by Crippen LogP contribution is -2.42. The van der Waals surface area contributed by atoms with Crippen LogP contribution in [0.15, 0.2) is 23.2 Å². The Bertz CT molecular complexity index is 514. The average Bonchev–Trinajstić information content (AvgIpc) is 3.31. The van der Waals surface area contributed by atoms with Crippen LogP contribution in [0.25, 0.3) is 0 Å². The van der Waals surface area contributed by atoms with Crippen molar-refractivity contribution in [3.63, 3.8) is 0 Å². The van der Waals surface area contributed by atoms with Gasteiger partial charge in [-0.15, -0.1) is 0 Å². The lowest BCUT2D eigenvalue weighted by molar-refractivity contribution is 0.507. The molecule has 0 aliphatic heterocycles.